The first-order chi connectivity index (χ1) is 7.75. The van der Waals surface area contributed by atoms with Crippen molar-refractivity contribution in [1.29, 1.82) is 0 Å². The molecule has 0 fully saturated rings. The van der Waals surface area contributed by atoms with Gasteiger partial charge in [0.1, 0.15) is 5.82 Å². The van der Waals surface area contributed by atoms with E-state index >= 15 is 0 Å². The Morgan fingerprint density at radius 3 is 2.88 bits per heavy atom. The maximum absolute atomic E-state index is 13.1. The molecule has 0 aliphatic carbocycles. The Kier molecular flexibility index (Phi) is 3.80. The Morgan fingerprint density at radius 1 is 1.31 bits per heavy atom. The topological polar surface area (TPSA) is 12.0 Å². The highest BCUT2D eigenvalue weighted by Gasteiger charge is 2.00. The molecule has 2 rings (SSSR count). The third-order valence-electron chi connectivity index (χ3n) is 2.20. The molecular weight excluding hydrogens is 245 g/mol. The van der Waals surface area contributed by atoms with Crippen LogP contribution in [0.5, 0.6) is 0 Å². The normalized spacial score (nSPS) is 10.4. The number of hydrogen-bond acceptors (Lipinski definition) is 2. The van der Waals surface area contributed by atoms with Gasteiger partial charge < -0.3 is 5.32 Å². The van der Waals surface area contributed by atoms with Gasteiger partial charge in [-0.05, 0) is 36.1 Å². The molecule has 1 aromatic carbocycles. The van der Waals surface area contributed by atoms with Crippen LogP contribution in [0.1, 0.15) is 4.88 Å². The number of benzene rings is 1. The molecule has 0 spiro atoms. The second kappa shape index (κ2) is 5.32. The second-order valence-electron chi connectivity index (χ2n) is 3.39. The molecule has 0 atom stereocenters. The fraction of sp³-hybridized carbons (Fsp3) is 0.167. The number of hydrogen-bond donors (Lipinski definition) is 1. The monoisotopic (exact) mass is 255 g/mol. The SMILES string of the molecule is Fc1cc(NCCc2cccs2)ccc1Cl. The van der Waals surface area contributed by atoms with Crippen molar-refractivity contribution in [1.82, 2.24) is 0 Å². The summed E-state index contributed by atoms with van der Waals surface area (Å²) in [5.74, 6) is -0.386. The number of thiophene rings is 1. The van der Waals surface area contributed by atoms with Gasteiger partial charge >= 0.3 is 0 Å². The van der Waals surface area contributed by atoms with Crippen LogP contribution in [0.25, 0.3) is 0 Å². The van der Waals surface area contributed by atoms with Gasteiger partial charge in [0, 0.05) is 17.1 Å². The van der Waals surface area contributed by atoms with Crippen LogP contribution in [0.3, 0.4) is 0 Å². The molecule has 0 aliphatic rings. The van der Waals surface area contributed by atoms with E-state index in [0.29, 0.717) is 0 Å². The van der Waals surface area contributed by atoms with E-state index in [1.807, 2.05) is 6.07 Å². The van der Waals surface area contributed by atoms with Gasteiger partial charge in [0.15, 0.2) is 0 Å². The van der Waals surface area contributed by atoms with Crippen molar-refractivity contribution in [3.05, 3.63) is 51.4 Å². The average molecular weight is 256 g/mol. The highest BCUT2D eigenvalue weighted by Crippen LogP contribution is 2.18. The fourth-order valence-corrected chi connectivity index (χ4v) is 2.22. The molecule has 2 aromatic rings. The minimum Gasteiger partial charge on any atom is -0.385 e. The summed E-state index contributed by atoms with van der Waals surface area (Å²) >= 11 is 7.32. The second-order valence-corrected chi connectivity index (χ2v) is 4.82. The number of anilines is 1. The maximum atomic E-state index is 13.1. The molecule has 0 aliphatic heterocycles. The number of halogens is 2. The summed E-state index contributed by atoms with van der Waals surface area (Å²) in [5.41, 5.74) is 0.762. The van der Waals surface area contributed by atoms with Crippen LogP contribution in [0, 0.1) is 5.82 Å². The largest absolute Gasteiger partial charge is 0.385 e. The molecule has 0 amide bonds. The lowest BCUT2D eigenvalue weighted by Crippen LogP contribution is -2.03. The highest BCUT2D eigenvalue weighted by atomic mass is 35.5. The van der Waals surface area contributed by atoms with Gasteiger partial charge in [-0.25, -0.2) is 4.39 Å². The smallest absolute Gasteiger partial charge is 0.143 e. The van der Waals surface area contributed by atoms with Crippen molar-refractivity contribution in [2.45, 2.75) is 6.42 Å². The molecule has 84 valence electrons. The lowest BCUT2D eigenvalue weighted by Gasteiger charge is -2.05. The van der Waals surface area contributed by atoms with Crippen LogP contribution < -0.4 is 5.32 Å². The first-order valence-corrected chi connectivity index (χ1v) is 6.23. The van der Waals surface area contributed by atoms with Gasteiger partial charge in [-0.1, -0.05) is 17.7 Å². The van der Waals surface area contributed by atoms with E-state index < -0.39 is 0 Å². The van der Waals surface area contributed by atoms with Crippen LogP contribution in [0.15, 0.2) is 35.7 Å². The minimum absolute atomic E-state index is 0.156. The zero-order valence-corrected chi connectivity index (χ0v) is 10.1. The Balaban J connectivity index is 1.87. The average Bonchev–Trinajstić information content (AvgIpc) is 2.76. The van der Waals surface area contributed by atoms with Gasteiger partial charge in [0.25, 0.3) is 0 Å². The Hall–Kier alpha value is -1.06. The summed E-state index contributed by atoms with van der Waals surface area (Å²) in [6, 6.07) is 8.87. The van der Waals surface area contributed by atoms with Crippen molar-refractivity contribution >= 4 is 28.6 Å². The van der Waals surface area contributed by atoms with E-state index in [2.05, 4.69) is 16.8 Å². The van der Waals surface area contributed by atoms with E-state index in [-0.39, 0.29) is 10.8 Å². The third-order valence-corrected chi connectivity index (χ3v) is 3.44. The van der Waals surface area contributed by atoms with Crippen LogP contribution in [0.4, 0.5) is 10.1 Å². The Labute approximate surface area is 103 Å². The van der Waals surface area contributed by atoms with Crippen LogP contribution in [0.2, 0.25) is 5.02 Å². The highest BCUT2D eigenvalue weighted by molar-refractivity contribution is 7.09. The lowest BCUT2D eigenvalue weighted by atomic mass is 10.3. The van der Waals surface area contributed by atoms with Gasteiger partial charge in [-0.3, -0.25) is 0 Å². The zero-order chi connectivity index (χ0) is 11.4. The Morgan fingerprint density at radius 2 is 2.19 bits per heavy atom. The molecule has 0 bridgehead atoms. The molecule has 0 unspecified atom stereocenters. The fourth-order valence-electron chi connectivity index (χ4n) is 1.39. The first kappa shape index (κ1) is 11.4. The predicted octanol–water partition coefficient (Wildman–Crippen LogP) is 4.20. The summed E-state index contributed by atoms with van der Waals surface area (Å²) in [6.45, 7) is 0.793. The molecule has 16 heavy (non-hydrogen) atoms. The molecule has 1 N–H and O–H groups in total. The van der Waals surface area contributed by atoms with Gasteiger partial charge in [-0.2, -0.15) is 0 Å². The van der Waals surface area contributed by atoms with Crippen LogP contribution in [-0.4, -0.2) is 6.54 Å². The van der Waals surface area contributed by atoms with Crippen molar-refractivity contribution < 1.29 is 4.39 Å². The molecule has 0 saturated carbocycles. The number of nitrogens with one attached hydrogen (secondary N) is 1. The summed E-state index contributed by atoms with van der Waals surface area (Å²) < 4.78 is 13.1. The molecular formula is C12H11ClFNS. The lowest BCUT2D eigenvalue weighted by molar-refractivity contribution is 0.628. The molecule has 1 nitrogen and oxygen atoms in total. The van der Waals surface area contributed by atoms with Gasteiger partial charge in [0.05, 0.1) is 5.02 Å². The van der Waals surface area contributed by atoms with E-state index in [1.165, 1.54) is 10.9 Å². The molecule has 1 heterocycles. The standard InChI is InChI=1S/C12H11ClFNS/c13-11-4-3-9(8-12(11)14)15-6-5-10-2-1-7-16-10/h1-4,7-8,15H,5-6H2. The molecule has 0 saturated heterocycles. The van der Waals surface area contributed by atoms with Gasteiger partial charge in [-0.15, -0.1) is 11.3 Å². The van der Waals surface area contributed by atoms with Crippen molar-refractivity contribution in [3.63, 3.8) is 0 Å². The molecule has 4 heteroatoms. The Bertz CT molecular complexity index is 456. The molecule has 0 radical (unpaired) electrons. The summed E-state index contributed by atoms with van der Waals surface area (Å²) in [6.07, 6.45) is 0.946. The summed E-state index contributed by atoms with van der Waals surface area (Å²) in [7, 11) is 0. The molecule has 1 aromatic heterocycles. The van der Waals surface area contributed by atoms with Crippen molar-refractivity contribution in [2.75, 3.05) is 11.9 Å². The predicted molar refractivity (Wildman–Crippen MR) is 67.9 cm³/mol. The van der Waals surface area contributed by atoms with Crippen molar-refractivity contribution in [2.24, 2.45) is 0 Å². The van der Waals surface area contributed by atoms with Gasteiger partial charge in [0.2, 0.25) is 0 Å². The quantitative estimate of drug-likeness (QED) is 0.864. The first-order valence-electron chi connectivity index (χ1n) is 4.97. The maximum Gasteiger partial charge on any atom is 0.143 e. The van der Waals surface area contributed by atoms with Crippen LogP contribution in [-0.2, 0) is 6.42 Å². The van der Waals surface area contributed by atoms with Crippen molar-refractivity contribution in [3.8, 4) is 0 Å². The minimum atomic E-state index is -0.386. The van der Waals surface area contributed by atoms with E-state index in [4.69, 9.17) is 11.6 Å². The van der Waals surface area contributed by atoms with Crippen LogP contribution >= 0.6 is 22.9 Å². The summed E-state index contributed by atoms with van der Waals surface area (Å²) in [5, 5.41) is 5.37. The van der Waals surface area contributed by atoms with E-state index in [1.54, 1.807) is 23.5 Å². The zero-order valence-electron chi connectivity index (χ0n) is 8.54. The summed E-state index contributed by atoms with van der Waals surface area (Å²) in [4.78, 5) is 1.32. The van der Waals surface area contributed by atoms with E-state index in [9.17, 15) is 4.39 Å². The third kappa shape index (κ3) is 2.97. The number of rotatable bonds is 4. The van der Waals surface area contributed by atoms with E-state index in [0.717, 1.165) is 18.7 Å².